The van der Waals surface area contributed by atoms with Crippen LogP contribution in [0.4, 0.5) is 0 Å². The molecule has 0 amide bonds. The summed E-state index contributed by atoms with van der Waals surface area (Å²) in [4.78, 5) is 2.47. The van der Waals surface area contributed by atoms with E-state index in [1.54, 1.807) is 0 Å². The van der Waals surface area contributed by atoms with Gasteiger partial charge in [0.05, 0.1) is 6.04 Å². The second kappa shape index (κ2) is 6.28. The van der Waals surface area contributed by atoms with Crippen LogP contribution < -0.4 is 5.32 Å². The molecule has 20 heavy (non-hydrogen) atoms. The summed E-state index contributed by atoms with van der Waals surface area (Å²) in [6, 6.07) is 7.31. The summed E-state index contributed by atoms with van der Waals surface area (Å²) < 4.78 is 0. The normalized spacial score (nSPS) is 19.5. The molecule has 1 aromatic rings. The van der Waals surface area contributed by atoms with Gasteiger partial charge in [0.15, 0.2) is 0 Å². The quantitative estimate of drug-likeness (QED) is 0.878. The van der Waals surface area contributed by atoms with Crippen molar-refractivity contribution in [2.24, 2.45) is 0 Å². The molecular formula is C18H30N2. The highest BCUT2D eigenvalue weighted by Gasteiger charge is 2.43. The van der Waals surface area contributed by atoms with Gasteiger partial charge in [0, 0.05) is 5.54 Å². The van der Waals surface area contributed by atoms with Crippen molar-refractivity contribution in [1.29, 1.82) is 0 Å². The van der Waals surface area contributed by atoms with Gasteiger partial charge < -0.3 is 10.2 Å². The lowest BCUT2D eigenvalue weighted by Gasteiger charge is -2.44. The van der Waals surface area contributed by atoms with Crippen molar-refractivity contribution in [1.82, 2.24) is 10.2 Å². The van der Waals surface area contributed by atoms with Crippen LogP contribution in [0.15, 0.2) is 18.2 Å². The number of hydrogen-bond acceptors (Lipinski definition) is 2. The molecule has 1 aliphatic rings. The van der Waals surface area contributed by atoms with Crippen LogP contribution in [0, 0.1) is 13.8 Å². The van der Waals surface area contributed by atoms with E-state index in [2.05, 4.69) is 63.3 Å². The first-order chi connectivity index (χ1) is 9.51. The van der Waals surface area contributed by atoms with Crippen LogP contribution in [-0.2, 0) is 0 Å². The summed E-state index contributed by atoms with van der Waals surface area (Å²) in [5, 5.41) is 3.79. The Labute approximate surface area is 124 Å². The second-order valence-electron chi connectivity index (χ2n) is 6.56. The van der Waals surface area contributed by atoms with E-state index in [0.29, 0.717) is 6.04 Å². The van der Waals surface area contributed by atoms with Crippen LogP contribution in [0.5, 0.6) is 0 Å². The average molecular weight is 274 g/mol. The van der Waals surface area contributed by atoms with Crippen molar-refractivity contribution in [3.05, 3.63) is 34.9 Å². The van der Waals surface area contributed by atoms with E-state index in [1.807, 2.05) is 0 Å². The number of benzene rings is 1. The van der Waals surface area contributed by atoms with Crippen LogP contribution in [0.2, 0.25) is 0 Å². The molecular weight excluding hydrogens is 244 g/mol. The molecule has 0 radical (unpaired) electrons. The molecule has 112 valence electrons. The minimum atomic E-state index is 0.272. The van der Waals surface area contributed by atoms with Crippen LogP contribution in [-0.4, -0.2) is 31.1 Å². The third-order valence-corrected chi connectivity index (χ3v) is 5.05. The van der Waals surface area contributed by atoms with Gasteiger partial charge in [0.2, 0.25) is 0 Å². The monoisotopic (exact) mass is 274 g/mol. The first-order valence-electron chi connectivity index (χ1n) is 7.99. The first-order valence-corrected chi connectivity index (χ1v) is 7.99. The van der Waals surface area contributed by atoms with Crippen LogP contribution in [0.1, 0.15) is 55.3 Å². The van der Waals surface area contributed by atoms with Crippen LogP contribution in [0.3, 0.4) is 0 Å². The lowest BCUT2D eigenvalue weighted by molar-refractivity contribution is 0.105. The minimum Gasteiger partial charge on any atom is -0.309 e. The number of nitrogens with one attached hydrogen (secondary N) is 1. The Morgan fingerprint density at radius 1 is 1.20 bits per heavy atom. The van der Waals surface area contributed by atoms with Gasteiger partial charge in [0.25, 0.3) is 0 Å². The van der Waals surface area contributed by atoms with Gasteiger partial charge in [-0.1, -0.05) is 43.5 Å². The highest BCUT2D eigenvalue weighted by atomic mass is 15.2. The van der Waals surface area contributed by atoms with Gasteiger partial charge in [-0.25, -0.2) is 0 Å². The molecule has 1 atom stereocenters. The Bertz CT molecular complexity index is 445. The van der Waals surface area contributed by atoms with Gasteiger partial charge in [-0.3, -0.25) is 0 Å². The lowest BCUT2D eigenvalue weighted by Crippen LogP contribution is -2.52. The van der Waals surface area contributed by atoms with E-state index in [4.69, 9.17) is 0 Å². The fourth-order valence-corrected chi connectivity index (χ4v) is 3.85. The lowest BCUT2D eigenvalue weighted by atomic mass is 9.80. The van der Waals surface area contributed by atoms with E-state index >= 15 is 0 Å². The summed E-state index contributed by atoms with van der Waals surface area (Å²) in [6.45, 7) is 7.68. The molecule has 0 bridgehead atoms. The summed E-state index contributed by atoms with van der Waals surface area (Å²) in [6.07, 6.45) is 5.30. The summed E-state index contributed by atoms with van der Waals surface area (Å²) in [7, 11) is 4.50. The minimum absolute atomic E-state index is 0.272. The van der Waals surface area contributed by atoms with Crippen molar-refractivity contribution in [3.8, 4) is 0 Å². The Kier molecular flexibility index (Phi) is 4.87. The smallest absolute Gasteiger partial charge is 0.0509 e. The summed E-state index contributed by atoms with van der Waals surface area (Å²) in [5.74, 6) is 0. The predicted octanol–water partition coefficient (Wildman–Crippen LogP) is 3.83. The number of aryl methyl sites for hydroxylation is 2. The molecule has 0 aromatic heterocycles. The van der Waals surface area contributed by atoms with Gasteiger partial charge in [-0.15, -0.1) is 0 Å². The Morgan fingerprint density at radius 3 is 2.40 bits per heavy atom. The number of likely N-dealkylation sites (N-methyl/N-ethyl adjacent to an activating group) is 2. The van der Waals surface area contributed by atoms with Crippen LogP contribution >= 0.6 is 0 Å². The molecule has 0 heterocycles. The Morgan fingerprint density at radius 2 is 1.85 bits per heavy atom. The molecule has 1 fully saturated rings. The zero-order valence-corrected chi connectivity index (χ0v) is 13.8. The zero-order valence-electron chi connectivity index (χ0n) is 13.8. The van der Waals surface area contributed by atoms with Crippen molar-refractivity contribution in [3.63, 3.8) is 0 Å². The summed E-state index contributed by atoms with van der Waals surface area (Å²) in [5.41, 5.74) is 4.53. The van der Waals surface area contributed by atoms with E-state index < -0.39 is 0 Å². The topological polar surface area (TPSA) is 15.3 Å². The fraction of sp³-hybridized carbons (Fsp3) is 0.667. The average Bonchev–Trinajstić information content (AvgIpc) is 2.90. The van der Waals surface area contributed by atoms with E-state index in [-0.39, 0.29) is 5.54 Å². The number of rotatable bonds is 5. The molecule has 2 nitrogen and oxygen atoms in total. The highest BCUT2D eigenvalue weighted by molar-refractivity contribution is 5.35. The predicted molar refractivity (Wildman–Crippen MR) is 87.2 cm³/mol. The molecule has 1 saturated carbocycles. The van der Waals surface area contributed by atoms with Crippen molar-refractivity contribution in [2.75, 3.05) is 20.6 Å². The SMILES string of the molecule is CCNC(c1cc(C)ccc1C)C1(N(C)C)CCCC1. The zero-order chi connectivity index (χ0) is 14.8. The number of hydrogen-bond donors (Lipinski definition) is 1. The summed E-state index contributed by atoms with van der Waals surface area (Å²) >= 11 is 0. The molecule has 1 unspecified atom stereocenters. The largest absolute Gasteiger partial charge is 0.309 e. The van der Waals surface area contributed by atoms with E-state index in [9.17, 15) is 0 Å². The van der Waals surface area contributed by atoms with Gasteiger partial charge in [-0.2, -0.15) is 0 Å². The number of nitrogens with zero attached hydrogens (tertiary/aromatic N) is 1. The van der Waals surface area contributed by atoms with E-state index in [1.165, 1.54) is 42.4 Å². The van der Waals surface area contributed by atoms with Gasteiger partial charge >= 0.3 is 0 Å². The van der Waals surface area contributed by atoms with Crippen molar-refractivity contribution >= 4 is 0 Å². The van der Waals surface area contributed by atoms with Crippen molar-refractivity contribution in [2.45, 2.75) is 58.0 Å². The fourth-order valence-electron chi connectivity index (χ4n) is 3.85. The first kappa shape index (κ1) is 15.5. The molecule has 2 heteroatoms. The maximum Gasteiger partial charge on any atom is 0.0509 e. The van der Waals surface area contributed by atoms with Gasteiger partial charge in [-0.05, 0) is 58.5 Å². The standard InChI is InChI=1S/C18H30N2/c1-6-19-17(16-13-14(2)9-10-15(16)3)18(20(4)5)11-7-8-12-18/h9-10,13,17,19H,6-8,11-12H2,1-5H3. The third-order valence-electron chi connectivity index (χ3n) is 5.05. The molecule has 1 aliphatic carbocycles. The molecule has 0 aliphatic heterocycles. The maximum absolute atomic E-state index is 3.79. The maximum atomic E-state index is 3.79. The Hall–Kier alpha value is -0.860. The third kappa shape index (κ3) is 2.77. The molecule has 2 rings (SSSR count). The Balaban J connectivity index is 2.46. The molecule has 0 spiro atoms. The molecule has 1 aromatic carbocycles. The van der Waals surface area contributed by atoms with Gasteiger partial charge in [0.1, 0.15) is 0 Å². The molecule has 0 saturated heterocycles. The molecule has 1 N–H and O–H groups in total. The second-order valence-corrected chi connectivity index (χ2v) is 6.56. The van der Waals surface area contributed by atoms with E-state index in [0.717, 1.165) is 6.54 Å². The highest BCUT2D eigenvalue weighted by Crippen LogP contribution is 2.44. The van der Waals surface area contributed by atoms with Crippen molar-refractivity contribution < 1.29 is 0 Å². The van der Waals surface area contributed by atoms with Crippen LogP contribution in [0.25, 0.3) is 0 Å².